The Morgan fingerprint density at radius 2 is 1.78 bits per heavy atom. The number of rotatable bonds is 8. The lowest BCUT2D eigenvalue weighted by molar-refractivity contribution is 0.238. The molecule has 1 aromatic carbocycles. The lowest BCUT2D eigenvalue weighted by Gasteiger charge is -2.34. The molecule has 0 atom stereocenters. The monoisotopic (exact) mass is 385 g/mol. The van der Waals surface area contributed by atoms with Gasteiger partial charge in [0.1, 0.15) is 0 Å². The van der Waals surface area contributed by atoms with Gasteiger partial charge in [0, 0.05) is 22.1 Å². The van der Waals surface area contributed by atoms with Gasteiger partial charge in [-0.05, 0) is 44.2 Å². The summed E-state index contributed by atoms with van der Waals surface area (Å²) in [6, 6.07) is 4.06. The van der Waals surface area contributed by atoms with Crippen LogP contribution in [0.3, 0.4) is 0 Å². The van der Waals surface area contributed by atoms with Crippen LogP contribution in [-0.2, 0) is 6.54 Å². The van der Waals surface area contributed by atoms with Crippen molar-refractivity contribution in [2.45, 2.75) is 66.5 Å². The van der Waals surface area contributed by atoms with E-state index in [4.69, 9.17) is 9.47 Å². The maximum atomic E-state index is 5.94. The first kappa shape index (κ1) is 20.3. The first-order valence-electron chi connectivity index (χ1n) is 8.32. The molecule has 0 bridgehead atoms. The summed E-state index contributed by atoms with van der Waals surface area (Å²) < 4.78 is 12.4. The summed E-state index contributed by atoms with van der Waals surface area (Å²) in [4.78, 5) is 0. The third kappa shape index (κ3) is 7.13. The highest BCUT2D eigenvalue weighted by Gasteiger charge is 2.25. The number of ether oxygens (including phenoxy) is 2. The molecule has 3 nitrogen and oxygen atoms in total. The smallest absolute Gasteiger partial charge is 0.165 e. The average Bonchev–Trinajstić information content (AvgIpc) is 2.40. The third-order valence-corrected chi connectivity index (χ3v) is 3.95. The van der Waals surface area contributed by atoms with E-state index >= 15 is 0 Å². The predicted octanol–water partition coefficient (Wildman–Crippen LogP) is 5.55. The van der Waals surface area contributed by atoms with Crippen molar-refractivity contribution in [3.05, 3.63) is 22.2 Å². The molecule has 1 rings (SSSR count). The van der Waals surface area contributed by atoms with Gasteiger partial charge in [-0.25, -0.2) is 0 Å². The SMILES string of the molecule is CCCOc1c(CNC(C)(C)CC(C)(C)C)cc(Br)cc1OC. The number of hydrogen-bond acceptors (Lipinski definition) is 3. The second-order valence-corrected chi connectivity index (χ2v) is 8.84. The first-order chi connectivity index (χ1) is 10.6. The van der Waals surface area contributed by atoms with Crippen LogP contribution in [0.25, 0.3) is 0 Å². The van der Waals surface area contributed by atoms with Gasteiger partial charge in [0.25, 0.3) is 0 Å². The highest BCUT2D eigenvalue weighted by Crippen LogP contribution is 2.36. The lowest BCUT2D eigenvalue weighted by Crippen LogP contribution is -2.41. The van der Waals surface area contributed by atoms with Gasteiger partial charge in [-0.15, -0.1) is 0 Å². The molecular formula is C19H32BrNO2. The van der Waals surface area contributed by atoms with E-state index in [9.17, 15) is 0 Å². The van der Waals surface area contributed by atoms with Crippen LogP contribution in [0.4, 0.5) is 0 Å². The Morgan fingerprint density at radius 3 is 2.30 bits per heavy atom. The summed E-state index contributed by atoms with van der Waals surface area (Å²) in [7, 11) is 1.68. The van der Waals surface area contributed by atoms with Gasteiger partial charge in [0.05, 0.1) is 13.7 Å². The minimum absolute atomic E-state index is 0.0514. The van der Waals surface area contributed by atoms with Crippen molar-refractivity contribution in [1.29, 1.82) is 0 Å². The quantitative estimate of drug-likeness (QED) is 0.635. The van der Waals surface area contributed by atoms with Crippen molar-refractivity contribution in [2.75, 3.05) is 13.7 Å². The highest BCUT2D eigenvalue weighted by atomic mass is 79.9. The number of methoxy groups -OCH3 is 1. The molecular weight excluding hydrogens is 354 g/mol. The molecule has 0 radical (unpaired) electrons. The molecule has 0 saturated carbocycles. The summed E-state index contributed by atoms with van der Waals surface area (Å²) in [6.45, 7) is 14.9. The summed E-state index contributed by atoms with van der Waals surface area (Å²) in [5, 5.41) is 3.67. The topological polar surface area (TPSA) is 30.5 Å². The Balaban J connectivity index is 2.95. The maximum absolute atomic E-state index is 5.94. The van der Waals surface area contributed by atoms with E-state index < -0.39 is 0 Å². The minimum Gasteiger partial charge on any atom is -0.493 e. The van der Waals surface area contributed by atoms with Crippen LogP contribution in [0.1, 0.15) is 59.9 Å². The van der Waals surface area contributed by atoms with E-state index in [0.717, 1.165) is 40.9 Å². The average molecular weight is 386 g/mol. The second-order valence-electron chi connectivity index (χ2n) is 7.92. The van der Waals surface area contributed by atoms with Crippen LogP contribution in [0.15, 0.2) is 16.6 Å². The zero-order valence-electron chi connectivity index (χ0n) is 15.7. The van der Waals surface area contributed by atoms with Crippen LogP contribution in [0.5, 0.6) is 11.5 Å². The van der Waals surface area contributed by atoms with Crippen molar-refractivity contribution in [3.63, 3.8) is 0 Å². The predicted molar refractivity (Wildman–Crippen MR) is 101 cm³/mol. The summed E-state index contributed by atoms with van der Waals surface area (Å²) in [6.07, 6.45) is 2.07. The van der Waals surface area contributed by atoms with E-state index in [-0.39, 0.29) is 11.0 Å². The van der Waals surface area contributed by atoms with Crippen LogP contribution >= 0.6 is 15.9 Å². The van der Waals surface area contributed by atoms with Crippen LogP contribution in [0, 0.1) is 5.41 Å². The normalized spacial score (nSPS) is 12.3. The van der Waals surface area contributed by atoms with Crippen LogP contribution in [0.2, 0.25) is 0 Å². The van der Waals surface area contributed by atoms with Crippen molar-refractivity contribution < 1.29 is 9.47 Å². The summed E-state index contributed by atoms with van der Waals surface area (Å²) >= 11 is 3.56. The molecule has 1 aromatic rings. The summed E-state index contributed by atoms with van der Waals surface area (Å²) in [5.74, 6) is 1.62. The van der Waals surface area contributed by atoms with Crippen molar-refractivity contribution in [1.82, 2.24) is 5.32 Å². The molecule has 1 N–H and O–H groups in total. The van der Waals surface area contributed by atoms with E-state index in [0.29, 0.717) is 6.61 Å². The number of benzene rings is 1. The Hall–Kier alpha value is -0.740. The van der Waals surface area contributed by atoms with Crippen molar-refractivity contribution in [2.24, 2.45) is 5.41 Å². The molecule has 0 aromatic heterocycles. The molecule has 0 aliphatic heterocycles. The fraction of sp³-hybridized carbons (Fsp3) is 0.684. The fourth-order valence-corrected chi connectivity index (χ4v) is 3.48. The Labute approximate surface area is 150 Å². The van der Waals surface area contributed by atoms with E-state index in [1.807, 2.05) is 6.07 Å². The number of hydrogen-bond donors (Lipinski definition) is 1. The van der Waals surface area contributed by atoms with Gasteiger partial charge in [0.2, 0.25) is 0 Å². The molecule has 132 valence electrons. The standard InChI is InChI=1S/C19H32BrNO2/c1-8-9-23-17-14(10-15(20)11-16(17)22-7)12-21-19(5,6)13-18(2,3)4/h10-11,21H,8-9,12-13H2,1-7H3. The minimum atomic E-state index is 0.0514. The van der Waals surface area contributed by atoms with Gasteiger partial charge < -0.3 is 14.8 Å². The molecule has 0 aliphatic rings. The summed E-state index contributed by atoms with van der Waals surface area (Å²) in [5.41, 5.74) is 1.45. The molecule has 0 amide bonds. The highest BCUT2D eigenvalue weighted by molar-refractivity contribution is 9.10. The number of halogens is 1. The first-order valence-corrected chi connectivity index (χ1v) is 9.11. The molecule has 4 heteroatoms. The molecule has 0 saturated heterocycles. The van der Waals surface area contributed by atoms with E-state index in [2.05, 4.69) is 68.9 Å². The van der Waals surface area contributed by atoms with Crippen LogP contribution in [-0.4, -0.2) is 19.3 Å². The fourth-order valence-electron chi connectivity index (χ4n) is 3.00. The van der Waals surface area contributed by atoms with Crippen LogP contribution < -0.4 is 14.8 Å². The molecule has 23 heavy (non-hydrogen) atoms. The molecule has 0 unspecified atom stereocenters. The largest absolute Gasteiger partial charge is 0.493 e. The number of nitrogens with one attached hydrogen (secondary N) is 1. The molecule has 0 fully saturated rings. The van der Waals surface area contributed by atoms with Crippen molar-refractivity contribution in [3.8, 4) is 11.5 Å². The third-order valence-electron chi connectivity index (χ3n) is 3.50. The Bertz CT molecular complexity index is 507. The van der Waals surface area contributed by atoms with E-state index in [1.165, 1.54) is 0 Å². The Morgan fingerprint density at radius 1 is 1.13 bits per heavy atom. The van der Waals surface area contributed by atoms with Crippen molar-refractivity contribution >= 4 is 15.9 Å². The van der Waals surface area contributed by atoms with Gasteiger partial charge in [-0.2, -0.15) is 0 Å². The molecule has 0 heterocycles. The lowest BCUT2D eigenvalue weighted by atomic mass is 9.81. The Kier molecular flexibility index (Phi) is 7.40. The molecule has 0 spiro atoms. The van der Waals surface area contributed by atoms with Gasteiger partial charge in [0.15, 0.2) is 11.5 Å². The van der Waals surface area contributed by atoms with E-state index in [1.54, 1.807) is 7.11 Å². The zero-order valence-corrected chi connectivity index (χ0v) is 17.3. The second kappa shape index (κ2) is 8.39. The van der Waals surface area contributed by atoms with Gasteiger partial charge >= 0.3 is 0 Å². The maximum Gasteiger partial charge on any atom is 0.165 e. The van der Waals surface area contributed by atoms with Gasteiger partial charge in [-0.1, -0.05) is 43.6 Å². The molecule has 0 aliphatic carbocycles. The van der Waals surface area contributed by atoms with Gasteiger partial charge in [-0.3, -0.25) is 0 Å². The zero-order chi connectivity index (χ0) is 17.7.